The summed E-state index contributed by atoms with van der Waals surface area (Å²) >= 11 is 0. The fourth-order valence-corrected chi connectivity index (χ4v) is 1.18. The Bertz CT molecular complexity index is 374. The predicted octanol–water partition coefficient (Wildman–Crippen LogP) is 4.82. The molecule has 0 radical (unpaired) electrons. The molecule has 0 bridgehead atoms. The molecule has 0 fully saturated rings. The van der Waals surface area contributed by atoms with E-state index >= 15 is 0 Å². The van der Waals surface area contributed by atoms with E-state index < -0.39 is 0 Å². The van der Waals surface area contributed by atoms with Gasteiger partial charge < -0.3 is 6.15 Å². The molecule has 2 aromatic rings. The third-order valence-electron chi connectivity index (χ3n) is 2.07. The van der Waals surface area contributed by atoms with Crippen molar-refractivity contribution >= 4 is 12.2 Å². The average molecular weight is 225 g/mol. The molecule has 0 heterocycles. The highest BCUT2D eigenvalue weighted by Gasteiger charge is 1.76. The van der Waals surface area contributed by atoms with E-state index in [1.807, 2.05) is 72.8 Å². The second-order valence-electron chi connectivity index (χ2n) is 3.23. The van der Waals surface area contributed by atoms with Gasteiger partial charge in [-0.1, -0.05) is 86.0 Å². The molecule has 0 aliphatic carbocycles. The van der Waals surface area contributed by atoms with Crippen molar-refractivity contribution in [2.24, 2.45) is 0 Å². The van der Waals surface area contributed by atoms with Crippen LogP contribution in [0.1, 0.15) is 11.1 Å². The molecule has 2 rings (SSSR count). The molecule has 0 saturated carbocycles. The molecule has 17 heavy (non-hydrogen) atoms. The van der Waals surface area contributed by atoms with Crippen molar-refractivity contribution in [1.82, 2.24) is 6.15 Å². The van der Waals surface area contributed by atoms with E-state index in [-0.39, 0.29) is 6.15 Å². The number of rotatable bonds is 2. The van der Waals surface area contributed by atoms with Crippen LogP contribution in [0.25, 0.3) is 12.2 Å². The van der Waals surface area contributed by atoms with Crippen molar-refractivity contribution in [2.45, 2.75) is 0 Å². The largest absolute Gasteiger partial charge is 0.344 e. The SMILES string of the molecule is C=Cc1ccccc1.C=Cc1ccccc1.N. The van der Waals surface area contributed by atoms with Gasteiger partial charge in [0.25, 0.3) is 0 Å². The topological polar surface area (TPSA) is 35.0 Å². The molecule has 0 spiro atoms. The maximum Gasteiger partial charge on any atom is -0.0263 e. The van der Waals surface area contributed by atoms with Gasteiger partial charge in [-0.25, -0.2) is 0 Å². The van der Waals surface area contributed by atoms with Crippen molar-refractivity contribution in [3.05, 3.63) is 84.9 Å². The monoisotopic (exact) mass is 225 g/mol. The van der Waals surface area contributed by atoms with Crippen LogP contribution >= 0.6 is 0 Å². The smallest absolute Gasteiger partial charge is 0.0263 e. The molecule has 0 unspecified atom stereocenters. The molecular formula is C16H19N. The molecule has 0 saturated heterocycles. The van der Waals surface area contributed by atoms with Crippen molar-refractivity contribution < 1.29 is 0 Å². The van der Waals surface area contributed by atoms with E-state index in [9.17, 15) is 0 Å². The normalized spacial score (nSPS) is 8.00. The maximum absolute atomic E-state index is 3.63. The van der Waals surface area contributed by atoms with Gasteiger partial charge >= 0.3 is 0 Å². The Kier molecular flexibility index (Phi) is 7.99. The zero-order valence-electron chi connectivity index (χ0n) is 10.0. The van der Waals surface area contributed by atoms with Crippen molar-refractivity contribution in [1.29, 1.82) is 0 Å². The highest BCUT2D eigenvalue weighted by Crippen LogP contribution is 1.98. The van der Waals surface area contributed by atoms with Crippen LogP contribution in [0.2, 0.25) is 0 Å². The third-order valence-corrected chi connectivity index (χ3v) is 2.07. The van der Waals surface area contributed by atoms with E-state index in [4.69, 9.17) is 0 Å². The average Bonchev–Trinajstić information content (AvgIpc) is 2.41. The molecule has 0 aromatic heterocycles. The lowest BCUT2D eigenvalue weighted by molar-refractivity contribution is 1.67. The van der Waals surface area contributed by atoms with Gasteiger partial charge in [-0.2, -0.15) is 0 Å². The van der Waals surface area contributed by atoms with Crippen LogP contribution in [-0.4, -0.2) is 0 Å². The van der Waals surface area contributed by atoms with E-state index in [0.717, 1.165) is 0 Å². The van der Waals surface area contributed by atoms with Crippen LogP contribution in [0.4, 0.5) is 0 Å². The lowest BCUT2D eigenvalue weighted by Crippen LogP contribution is -1.63. The van der Waals surface area contributed by atoms with Crippen LogP contribution in [0.5, 0.6) is 0 Å². The minimum Gasteiger partial charge on any atom is -0.344 e. The summed E-state index contributed by atoms with van der Waals surface area (Å²) < 4.78 is 0. The number of hydrogen-bond acceptors (Lipinski definition) is 1. The third kappa shape index (κ3) is 6.13. The van der Waals surface area contributed by atoms with Gasteiger partial charge in [0, 0.05) is 0 Å². The predicted molar refractivity (Wildman–Crippen MR) is 78.1 cm³/mol. The van der Waals surface area contributed by atoms with E-state index in [1.165, 1.54) is 11.1 Å². The van der Waals surface area contributed by atoms with Gasteiger partial charge in [0.05, 0.1) is 0 Å². The Balaban J connectivity index is 0.000000284. The summed E-state index contributed by atoms with van der Waals surface area (Å²) in [6.07, 6.45) is 3.67. The van der Waals surface area contributed by atoms with Gasteiger partial charge in [-0.15, -0.1) is 0 Å². The van der Waals surface area contributed by atoms with Gasteiger partial charge in [-0.05, 0) is 11.1 Å². The number of hydrogen-bond donors (Lipinski definition) is 1. The van der Waals surface area contributed by atoms with Crippen LogP contribution in [0, 0.1) is 0 Å². The lowest BCUT2D eigenvalue weighted by Gasteiger charge is -1.85. The van der Waals surface area contributed by atoms with Crippen LogP contribution in [0.3, 0.4) is 0 Å². The summed E-state index contributed by atoms with van der Waals surface area (Å²) in [6.45, 7) is 7.26. The summed E-state index contributed by atoms with van der Waals surface area (Å²) in [5.74, 6) is 0. The first kappa shape index (κ1) is 14.9. The van der Waals surface area contributed by atoms with E-state index in [0.29, 0.717) is 0 Å². The summed E-state index contributed by atoms with van der Waals surface area (Å²) in [5, 5.41) is 0. The molecule has 0 aliphatic heterocycles. The molecular weight excluding hydrogens is 206 g/mol. The summed E-state index contributed by atoms with van der Waals surface area (Å²) in [6, 6.07) is 20.1. The van der Waals surface area contributed by atoms with E-state index in [1.54, 1.807) is 0 Å². The Labute approximate surface area is 104 Å². The first-order chi connectivity index (χ1) is 7.86. The van der Waals surface area contributed by atoms with Crippen molar-refractivity contribution in [3.8, 4) is 0 Å². The molecule has 2 aromatic carbocycles. The van der Waals surface area contributed by atoms with E-state index in [2.05, 4.69) is 13.2 Å². The fraction of sp³-hybridized carbons (Fsp3) is 0. The van der Waals surface area contributed by atoms with Crippen molar-refractivity contribution in [2.75, 3.05) is 0 Å². The highest BCUT2D eigenvalue weighted by atomic mass is 14.0. The quantitative estimate of drug-likeness (QED) is 0.781. The van der Waals surface area contributed by atoms with Crippen LogP contribution in [-0.2, 0) is 0 Å². The second kappa shape index (κ2) is 9.13. The summed E-state index contributed by atoms with van der Waals surface area (Å²) in [4.78, 5) is 0. The van der Waals surface area contributed by atoms with Crippen molar-refractivity contribution in [3.63, 3.8) is 0 Å². The zero-order valence-corrected chi connectivity index (χ0v) is 10.0. The number of benzene rings is 2. The van der Waals surface area contributed by atoms with Gasteiger partial charge in [-0.3, -0.25) is 0 Å². The van der Waals surface area contributed by atoms with Gasteiger partial charge in [0.1, 0.15) is 0 Å². The summed E-state index contributed by atoms with van der Waals surface area (Å²) in [7, 11) is 0. The van der Waals surface area contributed by atoms with Crippen LogP contribution in [0.15, 0.2) is 73.8 Å². The second-order valence-corrected chi connectivity index (χ2v) is 3.23. The Morgan fingerprint density at radius 3 is 1.06 bits per heavy atom. The Morgan fingerprint density at radius 2 is 0.882 bits per heavy atom. The Morgan fingerprint density at radius 1 is 0.588 bits per heavy atom. The first-order valence-electron chi connectivity index (χ1n) is 5.22. The lowest BCUT2D eigenvalue weighted by atomic mass is 10.2. The maximum atomic E-state index is 3.63. The Hall–Kier alpha value is -2.12. The molecule has 1 heteroatoms. The minimum absolute atomic E-state index is 0. The van der Waals surface area contributed by atoms with Gasteiger partial charge in [0.15, 0.2) is 0 Å². The molecule has 88 valence electrons. The molecule has 1 nitrogen and oxygen atoms in total. The zero-order chi connectivity index (χ0) is 11.6. The molecule has 3 N–H and O–H groups in total. The molecule has 0 atom stereocenters. The summed E-state index contributed by atoms with van der Waals surface area (Å²) in [5.41, 5.74) is 2.35. The minimum atomic E-state index is 0. The highest BCUT2D eigenvalue weighted by molar-refractivity contribution is 5.46. The standard InChI is InChI=1S/2C8H8.H3N/c2*1-2-8-6-4-3-5-7-8;/h2*2-7H,1H2;1H3. The fourth-order valence-electron chi connectivity index (χ4n) is 1.18. The van der Waals surface area contributed by atoms with Gasteiger partial charge in [0.2, 0.25) is 0 Å². The molecule has 0 amide bonds. The first-order valence-corrected chi connectivity index (χ1v) is 5.22. The van der Waals surface area contributed by atoms with Crippen LogP contribution < -0.4 is 6.15 Å². The molecule has 0 aliphatic rings.